The van der Waals surface area contributed by atoms with Gasteiger partial charge in [0, 0.05) is 5.39 Å². The van der Waals surface area contributed by atoms with Crippen LogP contribution in [-0.4, -0.2) is 26.6 Å². The zero-order chi connectivity index (χ0) is 14.9. The molecule has 5 heteroatoms. The summed E-state index contributed by atoms with van der Waals surface area (Å²) in [5.74, 6) is 2.44. The lowest BCUT2D eigenvalue weighted by Gasteiger charge is -2.19. The Balaban J connectivity index is 2.55. The van der Waals surface area contributed by atoms with Crippen molar-refractivity contribution in [2.24, 2.45) is 0 Å². The summed E-state index contributed by atoms with van der Waals surface area (Å²) in [5.41, 5.74) is 1.000. The fourth-order valence-corrected chi connectivity index (χ4v) is 1.81. The van der Waals surface area contributed by atoms with Crippen LogP contribution in [0.5, 0.6) is 0 Å². The number of carbonyl (C=O) groups excluding carboxylic acids is 1. The van der Waals surface area contributed by atoms with Crippen LogP contribution in [0.15, 0.2) is 18.2 Å². The second-order valence-electron chi connectivity index (χ2n) is 5.39. The van der Waals surface area contributed by atoms with E-state index in [9.17, 15) is 4.79 Å². The van der Waals surface area contributed by atoms with Gasteiger partial charge in [0.25, 0.3) is 0 Å². The Hall–Kier alpha value is -2.32. The van der Waals surface area contributed by atoms with E-state index in [1.54, 1.807) is 39.0 Å². The molecule has 0 spiro atoms. The topological polar surface area (TPSA) is 64.4 Å². The van der Waals surface area contributed by atoms with Crippen LogP contribution in [0.1, 0.15) is 32.0 Å². The van der Waals surface area contributed by atoms with Crippen LogP contribution in [0.2, 0.25) is 0 Å². The number of hydrogen-bond acceptors (Lipinski definition) is 4. The molecule has 1 heterocycles. The molecule has 0 aliphatic carbocycles. The van der Waals surface area contributed by atoms with Crippen molar-refractivity contribution in [3.05, 3.63) is 29.5 Å². The number of aliphatic hydroxyl groups is 1. The second kappa shape index (κ2) is 4.99. The zero-order valence-corrected chi connectivity index (χ0v) is 11.7. The van der Waals surface area contributed by atoms with Gasteiger partial charge in [0.1, 0.15) is 11.3 Å². The van der Waals surface area contributed by atoms with Crippen molar-refractivity contribution >= 4 is 17.0 Å². The van der Waals surface area contributed by atoms with Crippen molar-refractivity contribution in [3.63, 3.8) is 0 Å². The van der Waals surface area contributed by atoms with Crippen molar-refractivity contribution in [3.8, 4) is 12.3 Å². The molecule has 0 aliphatic rings. The van der Waals surface area contributed by atoms with Crippen LogP contribution >= 0.6 is 0 Å². The SMILES string of the molecule is C#Cc1nn(C(=O)OC(C)(C)C)c2ccc(CO)cc12. The third-order valence-corrected chi connectivity index (χ3v) is 2.63. The number of benzene rings is 1. The normalized spacial score (nSPS) is 11.3. The van der Waals surface area contributed by atoms with Gasteiger partial charge < -0.3 is 9.84 Å². The van der Waals surface area contributed by atoms with Crippen LogP contribution in [0, 0.1) is 12.3 Å². The predicted octanol–water partition coefficient (Wildman–Crippen LogP) is 2.29. The Kier molecular flexibility index (Phi) is 3.51. The van der Waals surface area contributed by atoms with E-state index in [1.807, 2.05) is 0 Å². The average molecular weight is 272 g/mol. The second-order valence-corrected chi connectivity index (χ2v) is 5.39. The molecule has 0 atom stereocenters. The summed E-state index contributed by atoms with van der Waals surface area (Å²) < 4.78 is 6.44. The molecule has 0 saturated carbocycles. The minimum Gasteiger partial charge on any atom is -0.442 e. The van der Waals surface area contributed by atoms with Crippen LogP contribution in [0.4, 0.5) is 4.79 Å². The van der Waals surface area contributed by atoms with Crippen molar-refractivity contribution in [2.75, 3.05) is 0 Å². The maximum Gasteiger partial charge on any atom is 0.435 e. The summed E-state index contributed by atoms with van der Waals surface area (Å²) in [7, 11) is 0. The third-order valence-electron chi connectivity index (χ3n) is 2.63. The lowest BCUT2D eigenvalue weighted by Crippen LogP contribution is -2.27. The van der Waals surface area contributed by atoms with Crippen molar-refractivity contribution in [1.29, 1.82) is 0 Å². The molecule has 104 valence electrons. The van der Waals surface area contributed by atoms with E-state index < -0.39 is 11.7 Å². The summed E-state index contributed by atoms with van der Waals surface area (Å²) in [6, 6.07) is 5.13. The number of aliphatic hydroxyl groups excluding tert-OH is 1. The summed E-state index contributed by atoms with van der Waals surface area (Å²) in [5, 5.41) is 13.9. The molecule has 0 amide bonds. The fourth-order valence-electron chi connectivity index (χ4n) is 1.81. The zero-order valence-electron chi connectivity index (χ0n) is 11.7. The molecular weight excluding hydrogens is 256 g/mol. The predicted molar refractivity (Wildman–Crippen MR) is 75.2 cm³/mol. The number of aromatic nitrogens is 2. The van der Waals surface area contributed by atoms with Gasteiger partial charge in [-0.2, -0.15) is 9.78 Å². The lowest BCUT2D eigenvalue weighted by molar-refractivity contribution is 0.0522. The van der Waals surface area contributed by atoms with E-state index in [0.29, 0.717) is 22.2 Å². The van der Waals surface area contributed by atoms with Gasteiger partial charge in [-0.05, 0) is 44.4 Å². The molecule has 20 heavy (non-hydrogen) atoms. The van der Waals surface area contributed by atoms with Crippen molar-refractivity contribution in [2.45, 2.75) is 33.0 Å². The number of nitrogens with zero attached hydrogens (tertiary/aromatic N) is 2. The number of fused-ring (bicyclic) bond motifs is 1. The van der Waals surface area contributed by atoms with Crippen molar-refractivity contribution < 1.29 is 14.6 Å². The van der Waals surface area contributed by atoms with E-state index in [0.717, 1.165) is 4.68 Å². The number of rotatable bonds is 1. The van der Waals surface area contributed by atoms with Gasteiger partial charge in [-0.1, -0.05) is 6.07 Å². The summed E-state index contributed by atoms with van der Waals surface area (Å²) in [4.78, 5) is 12.1. The highest BCUT2D eigenvalue weighted by molar-refractivity contribution is 5.91. The van der Waals surface area contributed by atoms with E-state index in [-0.39, 0.29) is 6.61 Å². The quantitative estimate of drug-likeness (QED) is 0.809. The standard InChI is InChI=1S/C15H16N2O3/c1-5-12-11-8-10(9-18)6-7-13(11)17(16-12)14(19)20-15(2,3)4/h1,6-8,18H,9H2,2-4H3. The van der Waals surface area contributed by atoms with Crippen molar-refractivity contribution in [1.82, 2.24) is 9.78 Å². The first-order valence-corrected chi connectivity index (χ1v) is 6.18. The first-order chi connectivity index (χ1) is 9.35. The Labute approximate surface area is 117 Å². The molecule has 0 radical (unpaired) electrons. The van der Waals surface area contributed by atoms with Gasteiger partial charge in [-0.15, -0.1) is 6.42 Å². The lowest BCUT2D eigenvalue weighted by atomic mass is 10.1. The molecule has 2 aromatic rings. The monoisotopic (exact) mass is 272 g/mol. The van der Waals surface area contributed by atoms with Gasteiger partial charge >= 0.3 is 6.09 Å². The van der Waals surface area contributed by atoms with E-state index in [2.05, 4.69) is 11.0 Å². The molecule has 0 saturated heterocycles. The van der Waals surface area contributed by atoms with Gasteiger partial charge in [0.15, 0.2) is 0 Å². The van der Waals surface area contributed by atoms with Crippen LogP contribution < -0.4 is 0 Å². The minimum atomic E-state index is -0.614. The van der Waals surface area contributed by atoms with Gasteiger partial charge in [-0.25, -0.2) is 4.79 Å². The Morgan fingerprint density at radius 1 is 1.50 bits per heavy atom. The highest BCUT2D eigenvalue weighted by Gasteiger charge is 2.21. The minimum absolute atomic E-state index is 0.0996. The summed E-state index contributed by atoms with van der Waals surface area (Å²) in [6.07, 6.45) is 4.83. The average Bonchev–Trinajstić information content (AvgIpc) is 2.74. The van der Waals surface area contributed by atoms with Crippen LogP contribution in [-0.2, 0) is 11.3 Å². The first-order valence-electron chi connectivity index (χ1n) is 6.18. The highest BCUT2D eigenvalue weighted by atomic mass is 16.6. The molecule has 0 fully saturated rings. The largest absolute Gasteiger partial charge is 0.442 e. The van der Waals surface area contributed by atoms with E-state index >= 15 is 0 Å². The molecule has 0 aliphatic heterocycles. The van der Waals surface area contributed by atoms with Crippen LogP contribution in [0.3, 0.4) is 0 Å². The summed E-state index contributed by atoms with van der Waals surface area (Å²) >= 11 is 0. The van der Waals surface area contributed by atoms with E-state index in [4.69, 9.17) is 16.3 Å². The highest BCUT2D eigenvalue weighted by Crippen LogP contribution is 2.21. The molecule has 1 N–H and O–H groups in total. The number of hydrogen-bond donors (Lipinski definition) is 1. The third kappa shape index (κ3) is 2.65. The number of carbonyl (C=O) groups is 1. The Bertz CT molecular complexity index is 702. The number of terminal acetylenes is 1. The Morgan fingerprint density at radius 2 is 2.20 bits per heavy atom. The van der Waals surface area contributed by atoms with Gasteiger partial charge in [0.2, 0.25) is 0 Å². The molecule has 5 nitrogen and oxygen atoms in total. The number of ether oxygens (including phenoxy) is 1. The molecule has 2 rings (SSSR count). The van der Waals surface area contributed by atoms with Gasteiger partial charge in [0.05, 0.1) is 12.1 Å². The molecule has 0 bridgehead atoms. The maximum atomic E-state index is 12.1. The molecular formula is C15H16N2O3. The maximum absolute atomic E-state index is 12.1. The summed E-state index contributed by atoms with van der Waals surface area (Å²) in [6.45, 7) is 5.24. The fraction of sp³-hybridized carbons (Fsp3) is 0.333. The Morgan fingerprint density at radius 3 is 2.75 bits per heavy atom. The van der Waals surface area contributed by atoms with E-state index in [1.165, 1.54) is 0 Å². The first kappa shape index (κ1) is 14.1. The van der Waals surface area contributed by atoms with Gasteiger partial charge in [-0.3, -0.25) is 0 Å². The molecule has 0 unspecified atom stereocenters. The smallest absolute Gasteiger partial charge is 0.435 e. The molecule has 1 aromatic carbocycles. The molecule has 1 aromatic heterocycles. The van der Waals surface area contributed by atoms with Crippen LogP contribution in [0.25, 0.3) is 10.9 Å².